The van der Waals surface area contributed by atoms with E-state index in [4.69, 9.17) is 11.6 Å². The van der Waals surface area contributed by atoms with Crippen LogP contribution in [0.15, 0.2) is 54.6 Å². The lowest BCUT2D eigenvalue weighted by Crippen LogP contribution is -2.33. The van der Waals surface area contributed by atoms with Crippen molar-refractivity contribution < 1.29 is 14.3 Å². The van der Waals surface area contributed by atoms with Gasteiger partial charge in [-0.05, 0) is 23.3 Å². The second kappa shape index (κ2) is 8.50. The third kappa shape index (κ3) is 4.83. The standard InChI is InChI=1S/C19H20ClNO3/c1-21(13-19(23)24-2)18(22)12-17(14-6-4-3-5-7-14)15-8-10-16(20)11-9-15/h3-11,17H,12-13H2,1-2H3. The zero-order chi connectivity index (χ0) is 17.5. The number of rotatable bonds is 6. The number of benzene rings is 2. The van der Waals surface area contributed by atoms with E-state index in [2.05, 4.69) is 4.74 Å². The van der Waals surface area contributed by atoms with Crippen LogP contribution in [0.5, 0.6) is 0 Å². The Kier molecular flexibility index (Phi) is 6.38. The zero-order valence-electron chi connectivity index (χ0n) is 13.7. The van der Waals surface area contributed by atoms with Gasteiger partial charge in [-0.3, -0.25) is 9.59 Å². The molecule has 0 radical (unpaired) electrons. The fraction of sp³-hybridized carbons (Fsp3) is 0.263. The first-order valence-electron chi connectivity index (χ1n) is 7.62. The third-order valence-corrected chi connectivity index (χ3v) is 4.12. The van der Waals surface area contributed by atoms with Crippen LogP contribution in [-0.4, -0.2) is 37.5 Å². The Morgan fingerprint density at radius 3 is 2.21 bits per heavy atom. The van der Waals surface area contributed by atoms with Gasteiger partial charge in [-0.25, -0.2) is 0 Å². The normalized spacial score (nSPS) is 11.6. The number of ether oxygens (including phenoxy) is 1. The molecule has 0 aromatic heterocycles. The van der Waals surface area contributed by atoms with E-state index in [0.29, 0.717) is 5.02 Å². The van der Waals surface area contributed by atoms with E-state index in [-0.39, 0.29) is 24.8 Å². The smallest absolute Gasteiger partial charge is 0.325 e. The lowest BCUT2D eigenvalue weighted by molar-refractivity contribution is -0.146. The summed E-state index contributed by atoms with van der Waals surface area (Å²) in [4.78, 5) is 25.3. The van der Waals surface area contributed by atoms with Crippen LogP contribution in [0.3, 0.4) is 0 Å². The number of nitrogens with zero attached hydrogens (tertiary/aromatic N) is 1. The summed E-state index contributed by atoms with van der Waals surface area (Å²) in [6.07, 6.45) is 0.263. The predicted octanol–water partition coefficient (Wildman–Crippen LogP) is 3.49. The molecule has 0 heterocycles. The molecular weight excluding hydrogens is 326 g/mol. The van der Waals surface area contributed by atoms with Gasteiger partial charge in [0, 0.05) is 24.4 Å². The summed E-state index contributed by atoms with van der Waals surface area (Å²) in [7, 11) is 2.91. The molecule has 2 aromatic carbocycles. The van der Waals surface area contributed by atoms with E-state index in [1.165, 1.54) is 12.0 Å². The van der Waals surface area contributed by atoms with Gasteiger partial charge in [-0.15, -0.1) is 0 Å². The summed E-state index contributed by atoms with van der Waals surface area (Å²) >= 11 is 5.97. The molecule has 0 aliphatic heterocycles. The SMILES string of the molecule is COC(=O)CN(C)C(=O)CC(c1ccccc1)c1ccc(Cl)cc1. The van der Waals surface area contributed by atoms with Crippen LogP contribution in [0.4, 0.5) is 0 Å². The summed E-state index contributed by atoms with van der Waals surface area (Å²) < 4.78 is 4.61. The number of halogens is 1. The van der Waals surface area contributed by atoms with Crippen molar-refractivity contribution in [1.29, 1.82) is 0 Å². The number of methoxy groups -OCH3 is 1. The molecule has 0 aliphatic rings. The predicted molar refractivity (Wildman–Crippen MR) is 94.0 cm³/mol. The second-order valence-corrected chi connectivity index (χ2v) is 5.98. The fourth-order valence-corrected chi connectivity index (χ4v) is 2.61. The average Bonchev–Trinajstić information content (AvgIpc) is 2.61. The van der Waals surface area contributed by atoms with E-state index in [0.717, 1.165) is 11.1 Å². The number of amides is 1. The third-order valence-electron chi connectivity index (χ3n) is 3.87. The summed E-state index contributed by atoms with van der Waals surface area (Å²) in [5.74, 6) is -0.658. The molecule has 0 fully saturated rings. The fourth-order valence-electron chi connectivity index (χ4n) is 2.49. The molecule has 0 saturated carbocycles. The Morgan fingerprint density at radius 1 is 1.04 bits per heavy atom. The van der Waals surface area contributed by atoms with Crippen molar-refractivity contribution in [3.8, 4) is 0 Å². The molecule has 2 rings (SSSR count). The first kappa shape index (κ1) is 18.0. The van der Waals surface area contributed by atoms with E-state index in [1.807, 2.05) is 54.6 Å². The maximum atomic E-state index is 12.5. The minimum atomic E-state index is -0.436. The molecule has 0 spiro atoms. The molecule has 5 heteroatoms. The van der Waals surface area contributed by atoms with Gasteiger partial charge in [0.1, 0.15) is 6.54 Å². The lowest BCUT2D eigenvalue weighted by atomic mass is 9.88. The summed E-state index contributed by atoms with van der Waals surface area (Å²) in [5.41, 5.74) is 2.05. The van der Waals surface area contributed by atoms with Crippen molar-refractivity contribution >= 4 is 23.5 Å². The van der Waals surface area contributed by atoms with E-state index < -0.39 is 5.97 Å². The number of hydrogen-bond acceptors (Lipinski definition) is 3. The van der Waals surface area contributed by atoms with Crippen molar-refractivity contribution in [3.05, 3.63) is 70.7 Å². The van der Waals surface area contributed by atoms with Gasteiger partial charge in [0.25, 0.3) is 0 Å². The minimum absolute atomic E-state index is 0.0581. The van der Waals surface area contributed by atoms with E-state index >= 15 is 0 Å². The molecule has 1 amide bonds. The molecule has 24 heavy (non-hydrogen) atoms. The van der Waals surface area contributed by atoms with Crippen LogP contribution in [0.2, 0.25) is 5.02 Å². The molecule has 0 saturated heterocycles. The maximum absolute atomic E-state index is 12.5. The molecule has 1 atom stereocenters. The molecule has 1 unspecified atom stereocenters. The van der Waals surface area contributed by atoms with Gasteiger partial charge in [-0.1, -0.05) is 54.1 Å². The lowest BCUT2D eigenvalue weighted by Gasteiger charge is -2.22. The highest BCUT2D eigenvalue weighted by Crippen LogP contribution is 2.29. The minimum Gasteiger partial charge on any atom is -0.468 e. The largest absolute Gasteiger partial charge is 0.468 e. The van der Waals surface area contributed by atoms with Crippen molar-refractivity contribution in [2.75, 3.05) is 20.7 Å². The number of hydrogen-bond donors (Lipinski definition) is 0. The van der Waals surface area contributed by atoms with Crippen LogP contribution < -0.4 is 0 Å². The number of likely N-dealkylation sites (N-methyl/N-ethyl adjacent to an activating group) is 1. The molecular formula is C19H20ClNO3. The zero-order valence-corrected chi connectivity index (χ0v) is 14.5. The quantitative estimate of drug-likeness (QED) is 0.753. The number of carbonyl (C=O) groups excluding carboxylic acids is 2. The maximum Gasteiger partial charge on any atom is 0.325 e. The Hall–Kier alpha value is -2.33. The summed E-state index contributed by atoms with van der Waals surface area (Å²) in [6.45, 7) is -0.0581. The molecule has 0 N–H and O–H groups in total. The summed E-state index contributed by atoms with van der Waals surface area (Å²) in [6, 6.07) is 17.3. The molecule has 126 valence electrons. The van der Waals surface area contributed by atoms with Gasteiger partial charge in [0.05, 0.1) is 7.11 Å². The Bertz CT molecular complexity index is 686. The monoisotopic (exact) mass is 345 g/mol. The van der Waals surface area contributed by atoms with Crippen molar-refractivity contribution in [2.45, 2.75) is 12.3 Å². The van der Waals surface area contributed by atoms with Crippen molar-refractivity contribution in [2.24, 2.45) is 0 Å². The molecule has 2 aromatic rings. The van der Waals surface area contributed by atoms with E-state index in [1.54, 1.807) is 7.05 Å². The highest BCUT2D eigenvalue weighted by molar-refractivity contribution is 6.30. The van der Waals surface area contributed by atoms with Crippen LogP contribution >= 0.6 is 11.6 Å². The Labute approximate surface area is 147 Å². The average molecular weight is 346 g/mol. The highest BCUT2D eigenvalue weighted by atomic mass is 35.5. The summed E-state index contributed by atoms with van der Waals surface area (Å²) in [5, 5.41) is 0.652. The second-order valence-electron chi connectivity index (χ2n) is 5.54. The van der Waals surface area contributed by atoms with Crippen molar-refractivity contribution in [1.82, 2.24) is 4.90 Å². The number of esters is 1. The molecule has 0 aliphatic carbocycles. The Balaban J connectivity index is 2.22. The van der Waals surface area contributed by atoms with Gasteiger partial charge in [-0.2, -0.15) is 0 Å². The van der Waals surface area contributed by atoms with Crippen LogP contribution in [0, 0.1) is 0 Å². The van der Waals surface area contributed by atoms with Crippen LogP contribution in [-0.2, 0) is 14.3 Å². The molecule has 0 bridgehead atoms. The topological polar surface area (TPSA) is 46.6 Å². The Morgan fingerprint density at radius 2 is 1.62 bits per heavy atom. The van der Waals surface area contributed by atoms with Gasteiger partial charge in [0.2, 0.25) is 5.91 Å². The van der Waals surface area contributed by atoms with Gasteiger partial charge >= 0.3 is 5.97 Å². The molecule has 4 nitrogen and oxygen atoms in total. The van der Waals surface area contributed by atoms with E-state index in [9.17, 15) is 9.59 Å². The van der Waals surface area contributed by atoms with Gasteiger partial charge < -0.3 is 9.64 Å². The van der Waals surface area contributed by atoms with Gasteiger partial charge in [0.15, 0.2) is 0 Å². The number of carbonyl (C=O) groups is 2. The van der Waals surface area contributed by atoms with Crippen molar-refractivity contribution in [3.63, 3.8) is 0 Å². The van der Waals surface area contributed by atoms with Crippen LogP contribution in [0.25, 0.3) is 0 Å². The highest BCUT2D eigenvalue weighted by Gasteiger charge is 2.21. The van der Waals surface area contributed by atoms with Crippen LogP contribution in [0.1, 0.15) is 23.5 Å². The first-order valence-corrected chi connectivity index (χ1v) is 8.00. The first-order chi connectivity index (χ1) is 11.5.